The normalized spacial score (nSPS) is 22.4. The number of ether oxygens (including phenoxy) is 3. The van der Waals surface area contributed by atoms with Gasteiger partial charge < -0.3 is 14.2 Å². The summed E-state index contributed by atoms with van der Waals surface area (Å²) in [7, 11) is 0. The van der Waals surface area contributed by atoms with Gasteiger partial charge in [-0.1, -0.05) is 12.1 Å². The zero-order valence-electron chi connectivity index (χ0n) is 16.7. The van der Waals surface area contributed by atoms with Crippen LogP contribution in [0.4, 0.5) is 4.39 Å². The molecule has 1 aromatic carbocycles. The van der Waals surface area contributed by atoms with E-state index in [0.717, 1.165) is 55.2 Å². The van der Waals surface area contributed by atoms with Crippen LogP contribution in [0.3, 0.4) is 0 Å². The third-order valence-corrected chi connectivity index (χ3v) is 6.66. The Labute approximate surface area is 171 Å². The van der Waals surface area contributed by atoms with Crippen LogP contribution in [0.2, 0.25) is 0 Å². The number of aromatic nitrogens is 1. The lowest BCUT2D eigenvalue weighted by Gasteiger charge is -2.35. The van der Waals surface area contributed by atoms with Crippen molar-refractivity contribution in [2.45, 2.75) is 69.2 Å². The number of nitrogens with zero attached hydrogens (tertiary/aromatic N) is 1. The second kappa shape index (κ2) is 8.04. The molecule has 5 rings (SSSR count). The van der Waals surface area contributed by atoms with Crippen LogP contribution in [-0.4, -0.2) is 30.1 Å². The Balaban J connectivity index is 1.34. The van der Waals surface area contributed by atoms with Gasteiger partial charge in [0.15, 0.2) is 5.79 Å². The van der Waals surface area contributed by atoms with Gasteiger partial charge in [-0.25, -0.2) is 9.37 Å². The molecule has 0 N–H and O–H groups in total. The highest BCUT2D eigenvalue weighted by molar-refractivity contribution is 5.69. The Morgan fingerprint density at radius 1 is 1.00 bits per heavy atom. The summed E-state index contributed by atoms with van der Waals surface area (Å²) >= 11 is 0. The maximum Gasteiger partial charge on any atom is 0.221 e. The van der Waals surface area contributed by atoms with Crippen molar-refractivity contribution in [2.24, 2.45) is 0 Å². The summed E-state index contributed by atoms with van der Waals surface area (Å²) in [5.74, 6) is 0.273. The first kappa shape index (κ1) is 19.0. The summed E-state index contributed by atoms with van der Waals surface area (Å²) < 4.78 is 32.8. The van der Waals surface area contributed by atoms with Crippen molar-refractivity contribution in [3.05, 3.63) is 47.9 Å². The Kier molecular flexibility index (Phi) is 5.27. The molecular formula is C24H28FNO3. The fourth-order valence-corrected chi connectivity index (χ4v) is 5.05. The largest absolute Gasteiger partial charge is 0.474 e. The van der Waals surface area contributed by atoms with E-state index in [0.29, 0.717) is 19.1 Å². The zero-order chi connectivity index (χ0) is 19.7. The molecule has 3 fully saturated rings. The fourth-order valence-electron chi connectivity index (χ4n) is 5.05. The molecule has 2 heterocycles. The van der Waals surface area contributed by atoms with Crippen molar-refractivity contribution in [3.63, 3.8) is 0 Å². The summed E-state index contributed by atoms with van der Waals surface area (Å²) in [5, 5.41) is 0. The van der Waals surface area contributed by atoms with Gasteiger partial charge in [0.2, 0.25) is 5.88 Å². The smallest absolute Gasteiger partial charge is 0.221 e. The number of hydrogen-bond acceptors (Lipinski definition) is 4. The molecule has 3 aliphatic rings. The number of hydrogen-bond donors (Lipinski definition) is 0. The molecule has 2 saturated carbocycles. The topological polar surface area (TPSA) is 40.6 Å². The summed E-state index contributed by atoms with van der Waals surface area (Å²) in [6.07, 6.45) is 9.95. The van der Waals surface area contributed by atoms with Crippen LogP contribution in [0.15, 0.2) is 36.5 Å². The summed E-state index contributed by atoms with van der Waals surface area (Å²) in [4.78, 5) is 4.43. The molecule has 0 amide bonds. The van der Waals surface area contributed by atoms with E-state index in [2.05, 4.69) is 4.98 Å². The molecule has 29 heavy (non-hydrogen) atoms. The molecule has 0 bridgehead atoms. The predicted octanol–water partition coefficient (Wildman–Crippen LogP) is 5.61. The quantitative estimate of drug-likeness (QED) is 0.672. The van der Waals surface area contributed by atoms with E-state index in [9.17, 15) is 0 Å². The average molecular weight is 397 g/mol. The minimum absolute atomic E-state index is 0.146. The molecule has 4 nitrogen and oxygen atoms in total. The van der Waals surface area contributed by atoms with Crippen LogP contribution in [0.1, 0.15) is 62.8 Å². The monoisotopic (exact) mass is 397 g/mol. The van der Waals surface area contributed by atoms with Gasteiger partial charge in [0.1, 0.15) is 11.9 Å². The van der Waals surface area contributed by atoms with Gasteiger partial charge in [0.05, 0.1) is 13.2 Å². The van der Waals surface area contributed by atoms with Crippen molar-refractivity contribution >= 4 is 0 Å². The van der Waals surface area contributed by atoms with Crippen molar-refractivity contribution in [3.8, 4) is 17.0 Å². The second-order valence-electron chi connectivity index (χ2n) is 8.50. The molecule has 0 atom stereocenters. The summed E-state index contributed by atoms with van der Waals surface area (Å²) in [6.45, 7) is 1.34. The van der Waals surface area contributed by atoms with Crippen LogP contribution in [0.25, 0.3) is 11.1 Å². The minimum Gasteiger partial charge on any atom is -0.474 e. The standard InChI is InChI=1S/C24H28FNO3/c25-22-16-18(21-6-3-13-26-23(21)29-19-4-1-2-5-19)7-8-20(22)17-9-11-24(12-10-17)27-14-15-28-24/h3,6-8,13,16-17,19H,1-2,4-5,9-12,14-15H2. The molecular weight excluding hydrogens is 369 g/mol. The molecule has 1 aliphatic heterocycles. The van der Waals surface area contributed by atoms with E-state index < -0.39 is 5.79 Å². The fraction of sp³-hybridized carbons (Fsp3) is 0.542. The van der Waals surface area contributed by atoms with Crippen LogP contribution < -0.4 is 4.74 Å². The molecule has 1 aromatic heterocycles. The lowest BCUT2D eigenvalue weighted by molar-refractivity contribution is -0.178. The van der Waals surface area contributed by atoms with E-state index in [1.807, 2.05) is 24.3 Å². The van der Waals surface area contributed by atoms with E-state index >= 15 is 4.39 Å². The lowest BCUT2D eigenvalue weighted by Crippen LogP contribution is -2.34. The Morgan fingerprint density at radius 2 is 1.76 bits per heavy atom. The number of rotatable bonds is 4. The highest BCUT2D eigenvalue weighted by atomic mass is 19.1. The first-order valence-corrected chi connectivity index (χ1v) is 10.9. The molecule has 0 unspecified atom stereocenters. The third kappa shape index (κ3) is 3.90. The van der Waals surface area contributed by atoms with Crippen molar-refractivity contribution in [1.29, 1.82) is 0 Å². The van der Waals surface area contributed by atoms with Gasteiger partial charge in [-0.2, -0.15) is 0 Å². The first-order chi connectivity index (χ1) is 14.2. The SMILES string of the molecule is Fc1cc(-c2cccnc2OC2CCCC2)ccc1C1CCC2(CC1)OCCO2. The van der Waals surface area contributed by atoms with Gasteiger partial charge in [0, 0.05) is 24.6 Å². The minimum atomic E-state index is -0.408. The maximum absolute atomic E-state index is 15.1. The summed E-state index contributed by atoms with van der Waals surface area (Å²) in [6, 6.07) is 9.43. The molecule has 1 spiro atoms. The van der Waals surface area contributed by atoms with Crippen LogP contribution in [0.5, 0.6) is 5.88 Å². The van der Waals surface area contributed by atoms with E-state index in [1.165, 1.54) is 12.8 Å². The van der Waals surface area contributed by atoms with Crippen LogP contribution in [0, 0.1) is 5.82 Å². The van der Waals surface area contributed by atoms with Crippen LogP contribution >= 0.6 is 0 Å². The molecule has 2 aliphatic carbocycles. The van der Waals surface area contributed by atoms with E-state index in [4.69, 9.17) is 14.2 Å². The van der Waals surface area contributed by atoms with Crippen molar-refractivity contribution in [1.82, 2.24) is 4.98 Å². The zero-order valence-corrected chi connectivity index (χ0v) is 16.7. The molecule has 5 heteroatoms. The predicted molar refractivity (Wildman–Crippen MR) is 108 cm³/mol. The van der Waals surface area contributed by atoms with Gasteiger partial charge in [-0.05, 0) is 73.8 Å². The van der Waals surface area contributed by atoms with Crippen LogP contribution in [-0.2, 0) is 9.47 Å². The Morgan fingerprint density at radius 3 is 2.48 bits per heavy atom. The Hall–Kier alpha value is -1.98. The number of halogens is 1. The number of pyridine rings is 1. The van der Waals surface area contributed by atoms with E-state index in [-0.39, 0.29) is 17.8 Å². The van der Waals surface area contributed by atoms with Gasteiger partial charge in [-0.15, -0.1) is 0 Å². The first-order valence-electron chi connectivity index (χ1n) is 10.9. The number of benzene rings is 1. The highest BCUT2D eigenvalue weighted by Crippen LogP contribution is 2.43. The maximum atomic E-state index is 15.1. The highest BCUT2D eigenvalue weighted by Gasteiger charge is 2.41. The van der Waals surface area contributed by atoms with Gasteiger partial charge >= 0.3 is 0 Å². The summed E-state index contributed by atoms with van der Waals surface area (Å²) in [5.41, 5.74) is 2.48. The van der Waals surface area contributed by atoms with Gasteiger partial charge in [0.25, 0.3) is 0 Å². The molecule has 154 valence electrons. The molecule has 2 aromatic rings. The Bertz CT molecular complexity index is 849. The average Bonchev–Trinajstić information content (AvgIpc) is 3.42. The molecule has 0 radical (unpaired) electrons. The second-order valence-corrected chi connectivity index (χ2v) is 8.50. The van der Waals surface area contributed by atoms with Crippen molar-refractivity contribution < 1.29 is 18.6 Å². The lowest BCUT2D eigenvalue weighted by atomic mass is 9.80. The molecule has 1 saturated heterocycles. The van der Waals surface area contributed by atoms with Gasteiger partial charge in [-0.3, -0.25) is 0 Å². The van der Waals surface area contributed by atoms with Crippen molar-refractivity contribution in [2.75, 3.05) is 13.2 Å². The third-order valence-electron chi connectivity index (χ3n) is 6.66. The van der Waals surface area contributed by atoms with E-state index in [1.54, 1.807) is 12.3 Å².